The molecule has 0 aromatic carbocycles. The Kier molecular flexibility index (Phi) is 7.97. The molecular formula is C15H24IN5OS. The van der Waals surface area contributed by atoms with Crippen LogP contribution in [0.4, 0.5) is 0 Å². The standard InChI is InChI=1S/C15H23N5OS.HI/c1-9-11(3)21-14(20-9)8-18-15(16-5)17-7-6-13-10(2)19-12(4)22-13;/h6-8H2,1-5H3,(H2,16,17,18);1H. The minimum absolute atomic E-state index is 0. The van der Waals surface area contributed by atoms with Gasteiger partial charge in [-0.1, -0.05) is 0 Å². The maximum Gasteiger partial charge on any atom is 0.214 e. The van der Waals surface area contributed by atoms with Gasteiger partial charge < -0.3 is 15.1 Å². The number of oxazole rings is 1. The number of rotatable bonds is 5. The summed E-state index contributed by atoms with van der Waals surface area (Å²) in [6.45, 7) is 9.28. The molecule has 0 aliphatic carbocycles. The lowest BCUT2D eigenvalue weighted by Gasteiger charge is -2.10. The Morgan fingerprint density at radius 2 is 1.87 bits per heavy atom. The molecule has 0 atom stereocenters. The Morgan fingerprint density at radius 3 is 2.39 bits per heavy atom. The van der Waals surface area contributed by atoms with Gasteiger partial charge in [0.25, 0.3) is 0 Å². The van der Waals surface area contributed by atoms with Crippen LogP contribution in [0, 0.1) is 27.7 Å². The lowest BCUT2D eigenvalue weighted by Crippen LogP contribution is -2.37. The highest BCUT2D eigenvalue weighted by atomic mass is 127. The van der Waals surface area contributed by atoms with E-state index in [1.807, 2.05) is 20.8 Å². The van der Waals surface area contributed by atoms with Crippen LogP contribution in [0.2, 0.25) is 0 Å². The Hall–Kier alpha value is -1.16. The van der Waals surface area contributed by atoms with Crippen molar-refractivity contribution in [3.8, 4) is 0 Å². The van der Waals surface area contributed by atoms with Crippen molar-refractivity contribution in [2.45, 2.75) is 40.7 Å². The zero-order valence-corrected chi connectivity index (χ0v) is 17.3. The van der Waals surface area contributed by atoms with Crippen molar-refractivity contribution in [2.24, 2.45) is 4.99 Å². The number of aromatic nitrogens is 2. The second kappa shape index (κ2) is 9.21. The molecule has 2 N–H and O–H groups in total. The van der Waals surface area contributed by atoms with Crippen molar-refractivity contribution in [3.05, 3.63) is 32.9 Å². The fraction of sp³-hybridized carbons (Fsp3) is 0.533. The quantitative estimate of drug-likeness (QED) is 0.417. The molecule has 0 aliphatic heterocycles. The van der Waals surface area contributed by atoms with Crippen LogP contribution in [0.15, 0.2) is 9.41 Å². The number of aryl methyl sites for hydroxylation is 4. The van der Waals surface area contributed by atoms with Crippen molar-refractivity contribution in [1.29, 1.82) is 0 Å². The van der Waals surface area contributed by atoms with Crippen LogP contribution in [-0.2, 0) is 13.0 Å². The van der Waals surface area contributed by atoms with Crippen LogP contribution in [-0.4, -0.2) is 29.5 Å². The molecule has 0 saturated carbocycles. The number of nitrogens with one attached hydrogen (secondary N) is 2. The van der Waals surface area contributed by atoms with Gasteiger partial charge in [-0.25, -0.2) is 9.97 Å². The zero-order valence-electron chi connectivity index (χ0n) is 14.2. The molecule has 2 heterocycles. The number of thiazole rings is 1. The second-order valence-electron chi connectivity index (χ2n) is 5.09. The third-order valence-electron chi connectivity index (χ3n) is 3.35. The summed E-state index contributed by atoms with van der Waals surface area (Å²) in [5, 5.41) is 7.61. The lowest BCUT2D eigenvalue weighted by molar-refractivity contribution is 0.464. The largest absolute Gasteiger partial charge is 0.444 e. The first-order valence-corrected chi connectivity index (χ1v) is 8.11. The molecule has 0 spiro atoms. The topological polar surface area (TPSA) is 75.3 Å². The Balaban J connectivity index is 0.00000264. The molecule has 23 heavy (non-hydrogen) atoms. The fourth-order valence-corrected chi connectivity index (χ4v) is 3.03. The van der Waals surface area contributed by atoms with Gasteiger partial charge >= 0.3 is 0 Å². The van der Waals surface area contributed by atoms with Gasteiger partial charge in [0.15, 0.2) is 5.96 Å². The molecule has 0 saturated heterocycles. The van der Waals surface area contributed by atoms with Gasteiger partial charge in [-0.05, 0) is 27.7 Å². The van der Waals surface area contributed by atoms with Crippen molar-refractivity contribution < 1.29 is 4.42 Å². The van der Waals surface area contributed by atoms with E-state index >= 15 is 0 Å². The molecule has 0 unspecified atom stereocenters. The molecule has 2 aromatic rings. The molecule has 0 bridgehead atoms. The van der Waals surface area contributed by atoms with Crippen LogP contribution in [0.5, 0.6) is 0 Å². The maximum absolute atomic E-state index is 5.54. The van der Waals surface area contributed by atoms with Crippen LogP contribution in [0.25, 0.3) is 0 Å². The Labute approximate surface area is 158 Å². The molecule has 128 valence electrons. The third-order valence-corrected chi connectivity index (χ3v) is 4.48. The minimum atomic E-state index is 0. The number of hydrogen-bond donors (Lipinski definition) is 2. The van der Waals surface area contributed by atoms with E-state index in [0.29, 0.717) is 12.4 Å². The molecule has 2 rings (SSSR count). The summed E-state index contributed by atoms with van der Waals surface area (Å²) in [4.78, 5) is 14.3. The van der Waals surface area contributed by atoms with Crippen molar-refractivity contribution in [3.63, 3.8) is 0 Å². The summed E-state index contributed by atoms with van der Waals surface area (Å²) >= 11 is 1.75. The molecule has 8 heteroatoms. The number of aliphatic imine (C=N–C) groups is 1. The lowest BCUT2D eigenvalue weighted by atomic mass is 10.3. The summed E-state index contributed by atoms with van der Waals surface area (Å²) in [6.07, 6.45) is 0.940. The monoisotopic (exact) mass is 449 g/mol. The second-order valence-corrected chi connectivity index (χ2v) is 6.38. The highest BCUT2D eigenvalue weighted by Crippen LogP contribution is 2.17. The highest BCUT2D eigenvalue weighted by Gasteiger charge is 2.07. The van der Waals surface area contributed by atoms with Gasteiger partial charge in [-0.2, -0.15) is 0 Å². The molecule has 0 fully saturated rings. The number of hydrogen-bond acceptors (Lipinski definition) is 5. The molecule has 0 amide bonds. The van der Waals surface area contributed by atoms with Gasteiger partial charge in [-0.15, -0.1) is 35.3 Å². The van der Waals surface area contributed by atoms with E-state index in [-0.39, 0.29) is 24.0 Å². The van der Waals surface area contributed by atoms with E-state index in [0.717, 1.165) is 41.1 Å². The Morgan fingerprint density at radius 1 is 1.13 bits per heavy atom. The predicted octanol–water partition coefficient (Wildman–Crippen LogP) is 2.89. The molecular weight excluding hydrogens is 425 g/mol. The number of guanidine groups is 1. The first-order chi connectivity index (χ1) is 10.5. The van der Waals surface area contributed by atoms with Gasteiger partial charge in [0, 0.05) is 24.9 Å². The fourth-order valence-electron chi connectivity index (χ4n) is 2.09. The van der Waals surface area contributed by atoms with Crippen LogP contribution in [0.3, 0.4) is 0 Å². The normalized spacial score (nSPS) is 11.3. The zero-order chi connectivity index (χ0) is 16.1. The highest BCUT2D eigenvalue weighted by molar-refractivity contribution is 14.0. The van der Waals surface area contributed by atoms with Gasteiger partial charge in [0.05, 0.1) is 22.9 Å². The van der Waals surface area contributed by atoms with E-state index < -0.39 is 0 Å². The molecule has 6 nitrogen and oxygen atoms in total. The average molecular weight is 449 g/mol. The first kappa shape index (κ1) is 19.9. The van der Waals surface area contributed by atoms with E-state index in [9.17, 15) is 0 Å². The summed E-state index contributed by atoms with van der Waals surface area (Å²) in [5.74, 6) is 2.27. The van der Waals surface area contributed by atoms with Crippen molar-refractivity contribution >= 4 is 41.3 Å². The van der Waals surface area contributed by atoms with E-state index in [1.54, 1.807) is 18.4 Å². The maximum atomic E-state index is 5.54. The van der Waals surface area contributed by atoms with Crippen LogP contribution < -0.4 is 10.6 Å². The van der Waals surface area contributed by atoms with E-state index in [2.05, 4.69) is 32.5 Å². The summed E-state index contributed by atoms with van der Waals surface area (Å²) in [5.41, 5.74) is 2.05. The van der Waals surface area contributed by atoms with Gasteiger partial charge in [-0.3, -0.25) is 4.99 Å². The van der Waals surface area contributed by atoms with Crippen LogP contribution >= 0.6 is 35.3 Å². The number of nitrogens with zero attached hydrogens (tertiary/aromatic N) is 3. The van der Waals surface area contributed by atoms with Crippen LogP contribution in [0.1, 0.15) is 32.9 Å². The third kappa shape index (κ3) is 5.76. The predicted molar refractivity (Wildman–Crippen MR) is 105 cm³/mol. The first-order valence-electron chi connectivity index (χ1n) is 7.30. The van der Waals surface area contributed by atoms with Gasteiger partial charge in [0.2, 0.25) is 5.89 Å². The van der Waals surface area contributed by atoms with E-state index in [4.69, 9.17) is 4.42 Å². The summed E-state index contributed by atoms with van der Waals surface area (Å²) < 4.78 is 5.54. The molecule has 0 aliphatic rings. The molecule has 2 aromatic heterocycles. The SMILES string of the molecule is CN=C(NCCc1sc(C)nc1C)NCc1nc(C)c(C)o1.I. The van der Waals surface area contributed by atoms with E-state index in [1.165, 1.54) is 4.88 Å². The Bertz CT molecular complexity index is 645. The number of halogens is 1. The summed E-state index contributed by atoms with van der Waals surface area (Å²) in [6, 6.07) is 0. The smallest absolute Gasteiger partial charge is 0.214 e. The van der Waals surface area contributed by atoms with Crippen molar-refractivity contribution in [2.75, 3.05) is 13.6 Å². The van der Waals surface area contributed by atoms with Gasteiger partial charge in [0.1, 0.15) is 5.76 Å². The molecule has 0 radical (unpaired) electrons. The average Bonchev–Trinajstić information content (AvgIpc) is 2.96. The minimum Gasteiger partial charge on any atom is -0.444 e. The van der Waals surface area contributed by atoms with Crippen molar-refractivity contribution in [1.82, 2.24) is 20.6 Å². The summed E-state index contributed by atoms with van der Waals surface area (Å²) in [7, 11) is 1.75.